The van der Waals surface area contributed by atoms with Gasteiger partial charge in [0.05, 0.1) is 17.2 Å². The van der Waals surface area contributed by atoms with E-state index in [-0.39, 0.29) is 30.1 Å². The van der Waals surface area contributed by atoms with E-state index < -0.39 is 47.3 Å². The van der Waals surface area contributed by atoms with E-state index in [9.17, 15) is 19.8 Å². The number of rotatable bonds is 6. The van der Waals surface area contributed by atoms with Crippen LogP contribution < -0.4 is 10.5 Å². The molecule has 7 rings (SSSR count). The number of hydrogen-bond acceptors (Lipinski definition) is 8. The van der Waals surface area contributed by atoms with Crippen molar-refractivity contribution in [2.24, 2.45) is 28.6 Å². The van der Waals surface area contributed by atoms with Crippen molar-refractivity contribution in [3.05, 3.63) is 82.4 Å². The molecular weight excluding hydrogens is 582 g/mol. The number of benzene rings is 2. The number of nitrogen functional groups attached to an aromatic ring is 1. The van der Waals surface area contributed by atoms with E-state index in [1.807, 2.05) is 31.2 Å². The first-order valence-corrected chi connectivity index (χ1v) is 15.7. The van der Waals surface area contributed by atoms with Gasteiger partial charge in [0.25, 0.3) is 0 Å². The van der Waals surface area contributed by atoms with Crippen LogP contribution in [0.2, 0.25) is 5.02 Å². The number of anilines is 1. The van der Waals surface area contributed by atoms with Crippen LogP contribution >= 0.6 is 11.6 Å². The fourth-order valence-corrected chi connectivity index (χ4v) is 9.63. The maximum atomic E-state index is 13.8. The van der Waals surface area contributed by atoms with Crippen molar-refractivity contribution in [2.45, 2.75) is 70.2 Å². The summed E-state index contributed by atoms with van der Waals surface area (Å²) >= 11 is 6.48. The Morgan fingerprint density at radius 3 is 2.80 bits per heavy atom. The Balaban J connectivity index is 1.19. The summed E-state index contributed by atoms with van der Waals surface area (Å²) in [6.07, 6.45) is 5.52. The molecule has 1 heterocycles. The van der Waals surface area contributed by atoms with E-state index in [0.29, 0.717) is 34.9 Å². The van der Waals surface area contributed by atoms with Gasteiger partial charge in [-0.15, -0.1) is 0 Å². The highest BCUT2D eigenvalue weighted by atomic mass is 35.5. The number of aliphatic hydroxyl groups excluding tert-OH is 2. The zero-order chi connectivity index (χ0) is 31.0. The Bertz CT molecular complexity index is 1590. The number of nitrogens with two attached hydrogens (primary N) is 1. The number of Topliss-reactive ketones (excluding diaryl/α,β-unsaturated/α-hetero) is 1. The second kappa shape index (κ2) is 10.5. The van der Waals surface area contributed by atoms with Crippen LogP contribution in [-0.4, -0.2) is 46.2 Å². The molecule has 2 aromatic rings. The molecule has 5 aliphatic rings. The number of ketones is 2. The molecule has 4 fully saturated rings. The quantitative estimate of drug-likeness (QED) is 0.381. The number of allylic oxidation sites excluding steroid dienone is 4. The zero-order valence-electron chi connectivity index (χ0n) is 24.9. The smallest absolute Gasteiger partial charge is 0.193 e. The normalized spacial score (nSPS) is 38.8. The molecule has 3 saturated carbocycles. The van der Waals surface area contributed by atoms with Crippen LogP contribution in [0.5, 0.6) is 5.75 Å². The van der Waals surface area contributed by atoms with Gasteiger partial charge in [-0.05, 0) is 79.5 Å². The van der Waals surface area contributed by atoms with E-state index >= 15 is 0 Å². The van der Waals surface area contributed by atoms with Gasteiger partial charge in [-0.25, -0.2) is 0 Å². The van der Waals surface area contributed by atoms with Gasteiger partial charge in [0.2, 0.25) is 0 Å². The van der Waals surface area contributed by atoms with Crippen LogP contribution in [0, 0.1) is 28.6 Å². The second-order valence-electron chi connectivity index (χ2n) is 13.6. The second-order valence-corrected chi connectivity index (χ2v) is 14.0. The van der Waals surface area contributed by atoms with E-state index in [2.05, 4.69) is 6.92 Å². The SMILES string of the molecule is C[C@]12C=CC(=O)C=C1CC[C@@H]1[C@@H]2[C@@H](O)C[C@@]2(C)[C@H]1C[C@H]1O[C@H](c3ccc(Cl)c(OCc4cccc(N)c4)c3)O[C@]12C(=O)CO. The van der Waals surface area contributed by atoms with Crippen molar-refractivity contribution in [3.8, 4) is 5.75 Å². The molecule has 0 spiro atoms. The predicted octanol–water partition coefficient (Wildman–Crippen LogP) is 5.10. The number of carbonyl (C=O) groups is 2. The summed E-state index contributed by atoms with van der Waals surface area (Å²) in [6, 6.07) is 12.7. The third-order valence-electron chi connectivity index (χ3n) is 11.4. The van der Waals surface area contributed by atoms with Crippen molar-refractivity contribution in [2.75, 3.05) is 12.3 Å². The van der Waals surface area contributed by atoms with Crippen LogP contribution in [0.3, 0.4) is 0 Å². The standard InChI is InChI=1S/C35H38ClNO7/c1-33-11-10-23(39)14-21(33)7-8-24-25-15-30-35(29(41)17-38,34(25,2)16-27(40)31(24)33)44-32(43-30)20-6-9-26(36)28(13-20)42-18-19-4-3-5-22(37)12-19/h3-6,9-14,24-25,27,30-32,38,40H,7-8,15-18,37H2,1-2H3/t24-,25-,27-,30+,31+,32-,33-,34-,35+/m0/s1. The minimum atomic E-state index is -1.43. The summed E-state index contributed by atoms with van der Waals surface area (Å²) < 4.78 is 19.3. The highest BCUT2D eigenvalue weighted by molar-refractivity contribution is 6.32. The van der Waals surface area contributed by atoms with E-state index in [0.717, 1.165) is 24.0 Å². The van der Waals surface area contributed by atoms with Gasteiger partial charge in [-0.2, -0.15) is 0 Å². The van der Waals surface area contributed by atoms with E-state index in [4.69, 9.17) is 31.5 Å². The lowest BCUT2D eigenvalue weighted by molar-refractivity contribution is -0.201. The van der Waals surface area contributed by atoms with Gasteiger partial charge in [0, 0.05) is 28.0 Å². The number of hydrogen-bond donors (Lipinski definition) is 3. The Labute approximate surface area is 261 Å². The average Bonchev–Trinajstić information content (AvgIpc) is 3.49. The zero-order valence-corrected chi connectivity index (χ0v) is 25.6. The molecule has 232 valence electrons. The molecule has 0 unspecified atom stereocenters. The molecule has 0 radical (unpaired) electrons. The summed E-state index contributed by atoms with van der Waals surface area (Å²) in [5.41, 5.74) is 6.50. The highest BCUT2D eigenvalue weighted by Crippen LogP contribution is 2.70. The van der Waals surface area contributed by atoms with Crippen LogP contribution in [0.15, 0.2) is 66.3 Å². The largest absolute Gasteiger partial charge is 0.487 e. The summed E-state index contributed by atoms with van der Waals surface area (Å²) in [4.78, 5) is 26.0. The minimum Gasteiger partial charge on any atom is -0.487 e. The van der Waals surface area contributed by atoms with Crippen molar-refractivity contribution >= 4 is 28.9 Å². The van der Waals surface area contributed by atoms with Crippen molar-refractivity contribution in [1.82, 2.24) is 0 Å². The number of carbonyl (C=O) groups excluding carboxylic acids is 2. The Hall–Kier alpha value is -3.01. The van der Waals surface area contributed by atoms with Gasteiger partial charge in [0.1, 0.15) is 19.0 Å². The number of ether oxygens (including phenoxy) is 3. The molecule has 0 amide bonds. The number of aliphatic hydroxyl groups is 2. The predicted molar refractivity (Wildman–Crippen MR) is 164 cm³/mol. The molecular formula is C35H38ClNO7. The minimum absolute atomic E-state index is 0.0117. The van der Waals surface area contributed by atoms with Gasteiger partial charge in [-0.1, -0.05) is 55.3 Å². The van der Waals surface area contributed by atoms with Crippen molar-refractivity contribution in [1.29, 1.82) is 0 Å². The molecule has 4 N–H and O–H groups in total. The first kappa shape index (κ1) is 29.7. The highest BCUT2D eigenvalue weighted by Gasteiger charge is 2.75. The van der Waals surface area contributed by atoms with Gasteiger partial charge in [0.15, 0.2) is 23.5 Å². The molecule has 8 nitrogen and oxygen atoms in total. The van der Waals surface area contributed by atoms with Crippen LogP contribution in [-0.2, 0) is 25.7 Å². The first-order chi connectivity index (χ1) is 21.0. The summed E-state index contributed by atoms with van der Waals surface area (Å²) in [5, 5.41) is 22.5. The lowest BCUT2D eigenvalue weighted by atomic mass is 9.46. The third-order valence-corrected chi connectivity index (χ3v) is 11.7. The molecule has 0 aromatic heterocycles. The van der Waals surface area contributed by atoms with Crippen LogP contribution in [0.1, 0.15) is 56.9 Å². The Morgan fingerprint density at radius 1 is 1.20 bits per heavy atom. The van der Waals surface area contributed by atoms with Crippen molar-refractivity contribution in [3.63, 3.8) is 0 Å². The molecule has 44 heavy (non-hydrogen) atoms. The first-order valence-electron chi connectivity index (χ1n) is 15.4. The van der Waals surface area contributed by atoms with E-state index in [1.165, 1.54) is 0 Å². The number of halogens is 1. The summed E-state index contributed by atoms with van der Waals surface area (Å²) in [5.74, 6) is 0.00410. The van der Waals surface area contributed by atoms with E-state index in [1.54, 1.807) is 36.4 Å². The van der Waals surface area contributed by atoms with Gasteiger partial charge >= 0.3 is 0 Å². The Morgan fingerprint density at radius 2 is 2.02 bits per heavy atom. The molecule has 1 saturated heterocycles. The summed E-state index contributed by atoms with van der Waals surface area (Å²) in [7, 11) is 0. The fraction of sp³-hybridized carbons (Fsp3) is 0.486. The lowest BCUT2D eigenvalue weighted by Crippen LogP contribution is -2.63. The van der Waals surface area contributed by atoms with Crippen molar-refractivity contribution < 1.29 is 34.0 Å². The van der Waals surface area contributed by atoms with Gasteiger partial charge < -0.3 is 30.2 Å². The molecule has 9 atom stereocenters. The Kier molecular flexibility index (Phi) is 7.10. The maximum absolute atomic E-state index is 13.8. The van der Waals surface area contributed by atoms with Gasteiger partial charge in [-0.3, -0.25) is 9.59 Å². The molecule has 2 aromatic carbocycles. The fourth-order valence-electron chi connectivity index (χ4n) is 9.46. The third kappa shape index (κ3) is 4.26. The van der Waals surface area contributed by atoms with Crippen LogP contribution in [0.4, 0.5) is 5.69 Å². The molecule has 1 aliphatic heterocycles. The average molecular weight is 620 g/mol. The molecule has 0 bridgehead atoms. The topological polar surface area (TPSA) is 128 Å². The molecule has 4 aliphatic carbocycles. The van der Waals surface area contributed by atoms with Crippen LogP contribution in [0.25, 0.3) is 0 Å². The monoisotopic (exact) mass is 619 g/mol. The summed E-state index contributed by atoms with van der Waals surface area (Å²) in [6.45, 7) is 3.70. The number of fused-ring (bicyclic) bond motifs is 7. The lowest BCUT2D eigenvalue weighted by Gasteiger charge is -2.59. The molecule has 9 heteroatoms. The maximum Gasteiger partial charge on any atom is 0.193 e.